The highest BCUT2D eigenvalue weighted by Crippen LogP contribution is 2.16. The van der Waals surface area contributed by atoms with Gasteiger partial charge in [-0.2, -0.15) is 0 Å². The highest BCUT2D eigenvalue weighted by atomic mass is 16.5. The third-order valence-corrected chi connectivity index (χ3v) is 3.23. The monoisotopic (exact) mass is 293 g/mol. The molecule has 0 fully saturated rings. The van der Waals surface area contributed by atoms with Crippen LogP contribution in [0, 0.1) is 11.8 Å². The van der Waals surface area contributed by atoms with Crippen LogP contribution in [-0.4, -0.2) is 17.0 Å². The Morgan fingerprint density at radius 1 is 1.14 bits per heavy atom. The number of hydrogen-bond acceptors (Lipinski definition) is 4. The number of hydrogen-bond donors (Lipinski definition) is 4. The Balaban J connectivity index is 2.72. The van der Waals surface area contributed by atoms with E-state index in [0.29, 0.717) is 24.6 Å². The molecular formula is C15H23N3O3. The van der Waals surface area contributed by atoms with E-state index in [9.17, 15) is 9.59 Å². The van der Waals surface area contributed by atoms with Gasteiger partial charge in [0.1, 0.15) is 5.92 Å². The largest absolute Gasteiger partial charge is 0.326 e. The van der Waals surface area contributed by atoms with Gasteiger partial charge in [0.05, 0.1) is 0 Å². The van der Waals surface area contributed by atoms with Gasteiger partial charge in [0, 0.05) is 12.2 Å². The van der Waals surface area contributed by atoms with Gasteiger partial charge >= 0.3 is 0 Å². The molecule has 21 heavy (non-hydrogen) atoms. The highest BCUT2D eigenvalue weighted by Gasteiger charge is 2.26. The topological polar surface area (TPSA) is 104 Å². The van der Waals surface area contributed by atoms with Crippen molar-refractivity contribution in [3.05, 3.63) is 29.8 Å². The molecule has 1 atom stereocenters. The van der Waals surface area contributed by atoms with Crippen molar-refractivity contribution in [2.45, 2.75) is 33.2 Å². The third-order valence-electron chi connectivity index (χ3n) is 3.23. The van der Waals surface area contributed by atoms with E-state index in [1.165, 1.54) is 0 Å². The lowest BCUT2D eigenvalue weighted by Gasteiger charge is -2.16. The average Bonchev–Trinajstić information content (AvgIpc) is 2.47. The van der Waals surface area contributed by atoms with Crippen LogP contribution in [0.5, 0.6) is 0 Å². The first-order valence-corrected chi connectivity index (χ1v) is 7.01. The molecule has 0 aliphatic rings. The molecule has 1 aromatic rings. The van der Waals surface area contributed by atoms with Crippen molar-refractivity contribution in [2.75, 3.05) is 5.32 Å². The molecule has 2 amide bonds. The average molecular weight is 293 g/mol. The van der Waals surface area contributed by atoms with Crippen LogP contribution >= 0.6 is 0 Å². The molecule has 0 aromatic heterocycles. The summed E-state index contributed by atoms with van der Waals surface area (Å²) in [4.78, 5) is 23.8. The molecule has 0 radical (unpaired) electrons. The van der Waals surface area contributed by atoms with Crippen LogP contribution < -0.4 is 16.5 Å². The molecule has 6 nitrogen and oxygen atoms in total. The first-order valence-electron chi connectivity index (χ1n) is 7.01. The van der Waals surface area contributed by atoms with Gasteiger partial charge in [0.2, 0.25) is 5.91 Å². The fraction of sp³-hybridized carbons (Fsp3) is 0.467. The molecule has 0 bridgehead atoms. The maximum Gasteiger partial charge on any atom is 0.255 e. The molecule has 0 saturated heterocycles. The summed E-state index contributed by atoms with van der Waals surface area (Å²) in [5.41, 5.74) is 8.62. The van der Waals surface area contributed by atoms with Gasteiger partial charge < -0.3 is 11.1 Å². The van der Waals surface area contributed by atoms with Crippen LogP contribution in [0.3, 0.4) is 0 Å². The number of anilines is 1. The molecule has 0 aliphatic heterocycles. The Kier molecular flexibility index (Phi) is 6.84. The summed E-state index contributed by atoms with van der Waals surface area (Å²) in [5.74, 6) is -1.66. The number of nitrogens with two attached hydrogens (primary N) is 1. The molecule has 6 heteroatoms. The summed E-state index contributed by atoms with van der Waals surface area (Å²) in [5, 5.41) is 11.4. The molecule has 1 aromatic carbocycles. The number of carbonyl (C=O) groups is 2. The molecule has 5 N–H and O–H groups in total. The van der Waals surface area contributed by atoms with Crippen LogP contribution in [0.15, 0.2) is 24.3 Å². The first kappa shape index (κ1) is 17.1. The zero-order chi connectivity index (χ0) is 15.8. The Morgan fingerprint density at radius 2 is 1.76 bits per heavy atom. The van der Waals surface area contributed by atoms with Crippen LogP contribution in [0.1, 0.15) is 32.3 Å². The Labute approximate surface area is 124 Å². The van der Waals surface area contributed by atoms with Gasteiger partial charge in [-0.25, -0.2) is 5.48 Å². The predicted molar refractivity (Wildman–Crippen MR) is 80.5 cm³/mol. The smallest absolute Gasteiger partial charge is 0.255 e. The second kappa shape index (κ2) is 8.39. The minimum atomic E-state index is -0.911. The summed E-state index contributed by atoms with van der Waals surface area (Å²) >= 11 is 0. The van der Waals surface area contributed by atoms with Gasteiger partial charge in [-0.15, -0.1) is 0 Å². The van der Waals surface area contributed by atoms with Crippen molar-refractivity contribution in [1.29, 1.82) is 0 Å². The minimum Gasteiger partial charge on any atom is -0.326 e. The zero-order valence-corrected chi connectivity index (χ0v) is 12.4. The number of rotatable bonds is 7. The maximum atomic E-state index is 12.2. The molecule has 0 saturated carbocycles. The quantitative estimate of drug-likeness (QED) is 0.348. The fourth-order valence-electron chi connectivity index (χ4n) is 1.91. The van der Waals surface area contributed by atoms with Crippen molar-refractivity contribution in [3.8, 4) is 0 Å². The normalized spacial score (nSPS) is 12.0. The molecule has 116 valence electrons. The Hall–Kier alpha value is -1.92. The summed E-state index contributed by atoms with van der Waals surface area (Å²) in [6.45, 7) is 4.45. The second-order valence-electron chi connectivity index (χ2n) is 5.39. The maximum absolute atomic E-state index is 12.2. The van der Waals surface area contributed by atoms with Crippen LogP contribution in [0.2, 0.25) is 0 Å². The molecule has 1 rings (SSSR count). The Bertz CT molecular complexity index is 472. The summed E-state index contributed by atoms with van der Waals surface area (Å²) in [7, 11) is 0. The molecule has 1 unspecified atom stereocenters. The number of hydroxylamine groups is 1. The van der Waals surface area contributed by atoms with Gasteiger partial charge in [0.15, 0.2) is 0 Å². The standard InChI is InChI=1S/C15H23N3O3/c1-10(2)3-8-13(15(20)18-21)14(19)17-12-6-4-11(9-16)5-7-12/h4-7,10,13,21H,3,8-9,16H2,1-2H3,(H,17,19)(H,18,20). The third kappa shape index (κ3) is 5.53. The molecule has 0 aliphatic carbocycles. The Morgan fingerprint density at radius 3 is 2.24 bits per heavy atom. The summed E-state index contributed by atoms with van der Waals surface area (Å²) in [6, 6.07) is 7.09. The predicted octanol–water partition coefficient (Wildman–Crippen LogP) is 1.64. The fourth-order valence-corrected chi connectivity index (χ4v) is 1.91. The van der Waals surface area contributed by atoms with Crippen molar-refractivity contribution in [2.24, 2.45) is 17.6 Å². The van der Waals surface area contributed by atoms with E-state index in [0.717, 1.165) is 12.0 Å². The number of carbonyl (C=O) groups excluding carboxylic acids is 2. The number of benzene rings is 1. The number of amides is 2. The second-order valence-corrected chi connectivity index (χ2v) is 5.39. The van der Waals surface area contributed by atoms with E-state index < -0.39 is 17.7 Å². The van der Waals surface area contributed by atoms with E-state index >= 15 is 0 Å². The summed E-state index contributed by atoms with van der Waals surface area (Å²) in [6.07, 6.45) is 1.11. The van der Waals surface area contributed by atoms with Crippen molar-refractivity contribution in [3.63, 3.8) is 0 Å². The van der Waals surface area contributed by atoms with E-state index in [4.69, 9.17) is 10.9 Å². The van der Waals surface area contributed by atoms with Gasteiger partial charge in [0.25, 0.3) is 5.91 Å². The van der Waals surface area contributed by atoms with Crippen LogP contribution in [-0.2, 0) is 16.1 Å². The first-order chi connectivity index (χ1) is 9.97. The van der Waals surface area contributed by atoms with Crippen molar-refractivity contribution in [1.82, 2.24) is 5.48 Å². The van der Waals surface area contributed by atoms with Crippen LogP contribution in [0.25, 0.3) is 0 Å². The van der Waals surface area contributed by atoms with E-state index in [1.54, 1.807) is 17.6 Å². The zero-order valence-electron chi connectivity index (χ0n) is 12.4. The van der Waals surface area contributed by atoms with Gasteiger partial charge in [-0.05, 0) is 36.5 Å². The van der Waals surface area contributed by atoms with E-state index in [-0.39, 0.29) is 0 Å². The molecular weight excluding hydrogens is 270 g/mol. The van der Waals surface area contributed by atoms with Gasteiger partial charge in [-0.3, -0.25) is 14.8 Å². The highest BCUT2D eigenvalue weighted by molar-refractivity contribution is 6.06. The van der Waals surface area contributed by atoms with Gasteiger partial charge in [-0.1, -0.05) is 26.0 Å². The van der Waals surface area contributed by atoms with Crippen molar-refractivity contribution >= 4 is 17.5 Å². The number of nitrogens with one attached hydrogen (secondary N) is 2. The molecule has 0 spiro atoms. The lowest BCUT2D eigenvalue weighted by molar-refractivity contribution is -0.139. The van der Waals surface area contributed by atoms with Crippen molar-refractivity contribution < 1.29 is 14.8 Å². The molecule has 0 heterocycles. The lowest BCUT2D eigenvalue weighted by atomic mass is 9.96. The van der Waals surface area contributed by atoms with Crippen LogP contribution in [0.4, 0.5) is 5.69 Å². The minimum absolute atomic E-state index is 0.371. The SMILES string of the molecule is CC(C)CCC(C(=O)NO)C(=O)Nc1ccc(CN)cc1. The van der Waals surface area contributed by atoms with E-state index in [1.807, 2.05) is 26.0 Å². The summed E-state index contributed by atoms with van der Waals surface area (Å²) < 4.78 is 0. The van der Waals surface area contributed by atoms with E-state index in [2.05, 4.69) is 5.32 Å². The lowest BCUT2D eigenvalue weighted by Crippen LogP contribution is -2.37.